The molecule has 1 heterocycles. The molecule has 2 nitrogen and oxygen atoms in total. The largest absolute Gasteiger partial charge is 0.338 e. The molecule has 0 radical (unpaired) electrons. The standard InChI is InChI=1S/C15H19NO/c1-3-4-7-10-16-14-9-6-5-8-13(14)11-15(16)12(2)17/h5-6,8-9,11H,3-4,7,10H2,1-2H3. The summed E-state index contributed by atoms with van der Waals surface area (Å²) in [5.41, 5.74) is 2.01. The van der Waals surface area contributed by atoms with Crippen LogP contribution >= 0.6 is 0 Å². The fourth-order valence-electron chi connectivity index (χ4n) is 2.26. The zero-order valence-corrected chi connectivity index (χ0v) is 10.6. The normalized spacial score (nSPS) is 10.9. The molecule has 0 atom stereocenters. The average molecular weight is 229 g/mol. The molecule has 0 aliphatic heterocycles. The molecule has 0 aliphatic carbocycles. The zero-order valence-electron chi connectivity index (χ0n) is 10.6. The fraction of sp³-hybridized carbons (Fsp3) is 0.400. The van der Waals surface area contributed by atoms with E-state index in [0.29, 0.717) is 0 Å². The average Bonchev–Trinajstić information content (AvgIpc) is 2.69. The lowest BCUT2D eigenvalue weighted by Crippen LogP contribution is -2.06. The third-order valence-electron chi connectivity index (χ3n) is 3.16. The minimum Gasteiger partial charge on any atom is -0.338 e. The summed E-state index contributed by atoms with van der Waals surface area (Å²) in [7, 11) is 0. The van der Waals surface area contributed by atoms with Gasteiger partial charge in [0.15, 0.2) is 5.78 Å². The number of carbonyl (C=O) groups is 1. The van der Waals surface area contributed by atoms with Crippen LogP contribution in [0.2, 0.25) is 0 Å². The summed E-state index contributed by atoms with van der Waals surface area (Å²) in [5, 5.41) is 1.16. The van der Waals surface area contributed by atoms with Gasteiger partial charge in [-0.25, -0.2) is 0 Å². The SMILES string of the molecule is CCCCCn1c(C(C)=O)cc2ccccc21. The van der Waals surface area contributed by atoms with E-state index in [9.17, 15) is 4.79 Å². The topological polar surface area (TPSA) is 22.0 Å². The Morgan fingerprint density at radius 1 is 1.24 bits per heavy atom. The molecule has 1 aromatic carbocycles. The summed E-state index contributed by atoms with van der Waals surface area (Å²) in [6.45, 7) is 4.78. The van der Waals surface area contributed by atoms with Crippen molar-refractivity contribution in [3.8, 4) is 0 Å². The van der Waals surface area contributed by atoms with Crippen molar-refractivity contribution in [3.05, 3.63) is 36.0 Å². The number of fused-ring (bicyclic) bond motifs is 1. The zero-order chi connectivity index (χ0) is 12.3. The Morgan fingerprint density at radius 2 is 2.00 bits per heavy atom. The molecular formula is C15H19NO. The minimum atomic E-state index is 0.151. The van der Waals surface area contributed by atoms with E-state index in [0.717, 1.165) is 24.0 Å². The van der Waals surface area contributed by atoms with Crippen LogP contribution in [0.4, 0.5) is 0 Å². The van der Waals surface area contributed by atoms with Crippen molar-refractivity contribution in [1.82, 2.24) is 4.57 Å². The molecule has 0 saturated heterocycles. The van der Waals surface area contributed by atoms with Crippen LogP contribution in [0, 0.1) is 0 Å². The lowest BCUT2D eigenvalue weighted by atomic mass is 10.2. The maximum Gasteiger partial charge on any atom is 0.176 e. The number of Topliss-reactive ketones (excluding diaryl/α,β-unsaturated/α-hetero) is 1. The van der Waals surface area contributed by atoms with E-state index in [-0.39, 0.29) is 5.78 Å². The van der Waals surface area contributed by atoms with Gasteiger partial charge in [0.1, 0.15) is 0 Å². The Morgan fingerprint density at radius 3 is 2.71 bits per heavy atom. The summed E-state index contributed by atoms with van der Waals surface area (Å²) in [6.07, 6.45) is 3.55. The van der Waals surface area contributed by atoms with Crippen molar-refractivity contribution in [2.24, 2.45) is 0 Å². The third-order valence-corrected chi connectivity index (χ3v) is 3.16. The minimum absolute atomic E-state index is 0.151. The Hall–Kier alpha value is -1.57. The van der Waals surface area contributed by atoms with Gasteiger partial charge in [-0.3, -0.25) is 4.79 Å². The maximum absolute atomic E-state index is 11.6. The van der Waals surface area contributed by atoms with E-state index < -0.39 is 0 Å². The molecule has 0 amide bonds. The smallest absolute Gasteiger partial charge is 0.176 e. The first-order valence-electron chi connectivity index (χ1n) is 6.33. The van der Waals surface area contributed by atoms with E-state index in [2.05, 4.69) is 23.6 Å². The molecule has 0 N–H and O–H groups in total. The highest BCUT2D eigenvalue weighted by Crippen LogP contribution is 2.21. The molecule has 17 heavy (non-hydrogen) atoms. The predicted octanol–water partition coefficient (Wildman–Crippen LogP) is 4.03. The van der Waals surface area contributed by atoms with Crippen molar-refractivity contribution in [2.45, 2.75) is 39.7 Å². The van der Waals surface area contributed by atoms with Crippen molar-refractivity contribution in [3.63, 3.8) is 0 Å². The number of unbranched alkanes of at least 4 members (excludes halogenated alkanes) is 2. The highest BCUT2D eigenvalue weighted by molar-refractivity contribution is 5.98. The van der Waals surface area contributed by atoms with Crippen LogP contribution in [0.15, 0.2) is 30.3 Å². The quantitative estimate of drug-likeness (QED) is 0.560. The summed E-state index contributed by atoms with van der Waals surface area (Å²) in [4.78, 5) is 11.6. The number of hydrogen-bond donors (Lipinski definition) is 0. The first-order chi connectivity index (χ1) is 8.24. The molecule has 0 spiro atoms. The molecule has 0 saturated carbocycles. The van der Waals surface area contributed by atoms with Crippen LogP contribution in [-0.4, -0.2) is 10.4 Å². The summed E-state index contributed by atoms with van der Waals surface area (Å²) in [6, 6.07) is 10.2. The van der Waals surface area contributed by atoms with E-state index in [4.69, 9.17) is 0 Å². The van der Waals surface area contributed by atoms with Gasteiger partial charge in [-0.1, -0.05) is 38.0 Å². The van der Waals surface area contributed by atoms with Gasteiger partial charge in [0, 0.05) is 24.4 Å². The summed E-state index contributed by atoms with van der Waals surface area (Å²) >= 11 is 0. The van der Waals surface area contributed by atoms with Crippen molar-refractivity contribution in [2.75, 3.05) is 0 Å². The Labute approximate surface area is 102 Å². The molecule has 0 aliphatic rings. The molecule has 0 unspecified atom stereocenters. The number of benzene rings is 1. The van der Waals surface area contributed by atoms with Crippen molar-refractivity contribution < 1.29 is 4.79 Å². The Bertz CT molecular complexity index is 525. The van der Waals surface area contributed by atoms with Gasteiger partial charge in [0.25, 0.3) is 0 Å². The molecule has 0 bridgehead atoms. The van der Waals surface area contributed by atoms with E-state index in [1.165, 1.54) is 18.4 Å². The third kappa shape index (κ3) is 2.41. The number of ketones is 1. The van der Waals surface area contributed by atoms with Crippen molar-refractivity contribution >= 4 is 16.7 Å². The first kappa shape index (κ1) is 11.9. The van der Waals surface area contributed by atoms with Gasteiger partial charge < -0.3 is 4.57 Å². The second-order valence-corrected chi connectivity index (χ2v) is 4.50. The van der Waals surface area contributed by atoms with Gasteiger partial charge in [-0.2, -0.15) is 0 Å². The number of para-hydroxylation sites is 1. The van der Waals surface area contributed by atoms with E-state index in [1.807, 2.05) is 18.2 Å². The molecule has 90 valence electrons. The summed E-state index contributed by atoms with van der Waals surface area (Å²) in [5.74, 6) is 0.151. The highest BCUT2D eigenvalue weighted by Gasteiger charge is 2.11. The molecule has 2 rings (SSSR count). The lowest BCUT2D eigenvalue weighted by Gasteiger charge is -2.08. The number of aryl methyl sites for hydroxylation is 1. The van der Waals surface area contributed by atoms with Crippen LogP contribution in [-0.2, 0) is 6.54 Å². The molecule has 2 heteroatoms. The van der Waals surface area contributed by atoms with Gasteiger partial charge in [0.05, 0.1) is 5.69 Å². The number of aromatic nitrogens is 1. The molecule has 1 aromatic heterocycles. The lowest BCUT2D eigenvalue weighted by molar-refractivity contribution is 0.100. The van der Waals surface area contributed by atoms with E-state index >= 15 is 0 Å². The Kier molecular flexibility index (Phi) is 3.62. The molecule has 2 aromatic rings. The maximum atomic E-state index is 11.6. The van der Waals surface area contributed by atoms with E-state index in [1.54, 1.807) is 6.92 Å². The second-order valence-electron chi connectivity index (χ2n) is 4.50. The fourth-order valence-corrected chi connectivity index (χ4v) is 2.26. The van der Waals surface area contributed by atoms with Crippen LogP contribution in [0.5, 0.6) is 0 Å². The second kappa shape index (κ2) is 5.17. The Balaban J connectivity index is 2.41. The van der Waals surface area contributed by atoms with Crippen LogP contribution < -0.4 is 0 Å². The van der Waals surface area contributed by atoms with Crippen LogP contribution in [0.25, 0.3) is 10.9 Å². The van der Waals surface area contributed by atoms with Gasteiger partial charge >= 0.3 is 0 Å². The number of hydrogen-bond acceptors (Lipinski definition) is 1. The van der Waals surface area contributed by atoms with Crippen LogP contribution in [0.1, 0.15) is 43.6 Å². The van der Waals surface area contributed by atoms with Gasteiger partial charge in [0.2, 0.25) is 0 Å². The number of nitrogens with zero attached hydrogens (tertiary/aromatic N) is 1. The predicted molar refractivity (Wildman–Crippen MR) is 71.5 cm³/mol. The number of carbonyl (C=O) groups excluding carboxylic acids is 1. The number of rotatable bonds is 5. The van der Waals surface area contributed by atoms with Gasteiger partial charge in [-0.05, 0) is 18.6 Å². The van der Waals surface area contributed by atoms with Crippen LogP contribution in [0.3, 0.4) is 0 Å². The molecule has 0 fully saturated rings. The molecular weight excluding hydrogens is 210 g/mol. The highest BCUT2D eigenvalue weighted by atomic mass is 16.1. The summed E-state index contributed by atoms with van der Waals surface area (Å²) < 4.78 is 2.16. The first-order valence-corrected chi connectivity index (χ1v) is 6.33. The van der Waals surface area contributed by atoms with Crippen molar-refractivity contribution in [1.29, 1.82) is 0 Å². The monoisotopic (exact) mass is 229 g/mol. The van der Waals surface area contributed by atoms with Gasteiger partial charge in [-0.15, -0.1) is 0 Å².